The molecule has 3 N–H and O–H groups in total. The van der Waals surface area contributed by atoms with Crippen molar-refractivity contribution in [1.82, 2.24) is 5.32 Å². The number of carboxylic acid groups (broad SMARTS) is 1. The van der Waals surface area contributed by atoms with Crippen LogP contribution in [0.4, 0.5) is 4.79 Å². The summed E-state index contributed by atoms with van der Waals surface area (Å²) >= 11 is 0. The molecule has 0 spiro atoms. The van der Waals surface area contributed by atoms with Gasteiger partial charge in [0.25, 0.3) is 0 Å². The maximum absolute atomic E-state index is 11.6. The molecule has 1 fully saturated rings. The molecule has 0 aromatic heterocycles. The van der Waals surface area contributed by atoms with Crippen molar-refractivity contribution >= 4 is 12.1 Å². The van der Waals surface area contributed by atoms with E-state index in [0.29, 0.717) is 0 Å². The van der Waals surface area contributed by atoms with E-state index in [1.165, 1.54) is 0 Å². The quantitative estimate of drug-likeness (QED) is 0.751. The minimum Gasteiger partial charge on any atom is -0.479 e. The SMILES string of the molecule is O=C(NC1(C(=O)O)CC(O)C1)OCc1ccccc1. The van der Waals surface area contributed by atoms with Crippen LogP contribution in [-0.4, -0.2) is 33.9 Å². The van der Waals surface area contributed by atoms with Crippen LogP contribution >= 0.6 is 0 Å². The van der Waals surface area contributed by atoms with Gasteiger partial charge in [-0.05, 0) is 5.56 Å². The molecule has 1 aromatic carbocycles. The summed E-state index contributed by atoms with van der Waals surface area (Å²) < 4.78 is 4.95. The maximum atomic E-state index is 11.6. The van der Waals surface area contributed by atoms with E-state index in [1.54, 1.807) is 12.1 Å². The van der Waals surface area contributed by atoms with Crippen LogP contribution in [0.1, 0.15) is 18.4 Å². The molecule has 102 valence electrons. The van der Waals surface area contributed by atoms with Gasteiger partial charge in [-0.1, -0.05) is 30.3 Å². The van der Waals surface area contributed by atoms with Crippen LogP contribution in [0.25, 0.3) is 0 Å². The normalized spacial score (nSPS) is 25.2. The highest BCUT2D eigenvalue weighted by molar-refractivity contribution is 5.85. The maximum Gasteiger partial charge on any atom is 0.408 e. The number of nitrogens with one attached hydrogen (secondary N) is 1. The minimum absolute atomic E-state index is 0.00275. The van der Waals surface area contributed by atoms with Gasteiger partial charge in [-0.2, -0.15) is 0 Å². The van der Waals surface area contributed by atoms with E-state index in [2.05, 4.69) is 5.32 Å². The number of benzene rings is 1. The molecule has 1 amide bonds. The van der Waals surface area contributed by atoms with Gasteiger partial charge < -0.3 is 20.3 Å². The number of rotatable bonds is 4. The van der Waals surface area contributed by atoms with Crippen molar-refractivity contribution in [3.8, 4) is 0 Å². The van der Waals surface area contributed by atoms with Crippen molar-refractivity contribution in [2.24, 2.45) is 0 Å². The molecule has 0 unspecified atom stereocenters. The van der Waals surface area contributed by atoms with E-state index >= 15 is 0 Å². The summed E-state index contributed by atoms with van der Waals surface area (Å²) in [5.41, 5.74) is -0.580. The average Bonchev–Trinajstić information content (AvgIpc) is 2.35. The van der Waals surface area contributed by atoms with E-state index in [9.17, 15) is 14.7 Å². The van der Waals surface area contributed by atoms with E-state index in [4.69, 9.17) is 9.84 Å². The fourth-order valence-electron chi connectivity index (χ4n) is 2.03. The van der Waals surface area contributed by atoms with Crippen molar-refractivity contribution in [3.63, 3.8) is 0 Å². The van der Waals surface area contributed by atoms with Crippen LogP contribution in [0.5, 0.6) is 0 Å². The molecule has 0 radical (unpaired) electrons. The van der Waals surface area contributed by atoms with Crippen LogP contribution in [0.3, 0.4) is 0 Å². The second kappa shape index (κ2) is 5.27. The second-order valence-corrected chi connectivity index (χ2v) is 4.64. The third-order valence-electron chi connectivity index (χ3n) is 3.13. The van der Waals surface area contributed by atoms with Crippen LogP contribution < -0.4 is 5.32 Å². The van der Waals surface area contributed by atoms with Gasteiger partial charge in [0.15, 0.2) is 0 Å². The summed E-state index contributed by atoms with van der Waals surface area (Å²) in [4.78, 5) is 22.6. The van der Waals surface area contributed by atoms with Gasteiger partial charge in [0.05, 0.1) is 6.10 Å². The molecular weight excluding hydrogens is 250 g/mol. The van der Waals surface area contributed by atoms with Gasteiger partial charge in [-0.3, -0.25) is 0 Å². The molecule has 1 aromatic rings. The van der Waals surface area contributed by atoms with Crippen LogP contribution in [-0.2, 0) is 16.1 Å². The first-order valence-electron chi connectivity index (χ1n) is 5.92. The molecule has 0 aliphatic heterocycles. The first kappa shape index (κ1) is 13.4. The van der Waals surface area contributed by atoms with Crippen molar-refractivity contribution in [2.75, 3.05) is 0 Å². The number of carbonyl (C=O) groups excluding carboxylic acids is 1. The smallest absolute Gasteiger partial charge is 0.408 e. The number of carbonyl (C=O) groups is 2. The Morgan fingerprint density at radius 3 is 2.47 bits per heavy atom. The van der Waals surface area contributed by atoms with Gasteiger partial charge in [-0.15, -0.1) is 0 Å². The van der Waals surface area contributed by atoms with Crippen molar-refractivity contribution in [2.45, 2.75) is 31.1 Å². The monoisotopic (exact) mass is 265 g/mol. The lowest BCUT2D eigenvalue weighted by Crippen LogP contribution is -2.64. The Bertz CT molecular complexity index is 467. The Kier molecular flexibility index (Phi) is 3.71. The van der Waals surface area contributed by atoms with E-state index < -0.39 is 23.7 Å². The Morgan fingerprint density at radius 1 is 1.32 bits per heavy atom. The molecule has 6 heteroatoms. The third kappa shape index (κ3) is 3.03. The van der Waals surface area contributed by atoms with E-state index in [-0.39, 0.29) is 19.4 Å². The highest BCUT2D eigenvalue weighted by Gasteiger charge is 2.51. The van der Waals surface area contributed by atoms with Gasteiger partial charge in [0.1, 0.15) is 12.1 Å². The Balaban J connectivity index is 1.86. The van der Waals surface area contributed by atoms with E-state index in [1.807, 2.05) is 18.2 Å². The zero-order valence-corrected chi connectivity index (χ0v) is 10.2. The summed E-state index contributed by atoms with van der Waals surface area (Å²) in [5.74, 6) is -1.16. The van der Waals surface area contributed by atoms with Crippen molar-refractivity contribution < 1.29 is 24.5 Å². The number of ether oxygens (including phenoxy) is 1. The summed E-state index contributed by atoms with van der Waals surface area (Å²) in [6.45, 7) is 0.0743. The van der Waals surface area contributed by atoms with Gasteiger partial charge in [0, 0.05) is 12.8 Å². The first-order valence-corrected chi connectivity index (χ1v) is 5.92. The number of aliphatic hydroxyl groups excluding tert-OH is 1. The number of alkyl carbamates (subject to hydrolysis) is 1. The Morgan fingerprint density at radius 2 is 1.95 bits per heavy atom. The summed E-state index contributed by atoms with van der Waals surface area (Å²) in [6.07, 6.45) is -1.48. The molecule has 0 bridgehead atoms. The summed E-state index contributed by atoms with van der Waals surface area (Å²) in [6, 6.07) is 9.08. The van der Waals surface area contributed by atoms with Gasteiger partial charge >= 0.3 is 12.1 Å². The van der Waals surface area contributed by atoms with Gasteiger partial charge in [0.2, 0.25) is 0 Å². The predicted molar refractivity (Wildman–Crippen MR) is 65.4 cm³/mol. The van der Waals surface area contributed by atoms with Crippen molar-refractivity contribution in [3.05, 3.63) is 35.9 Å². The van der Waals surface area contributed by atoms with Crippen LogP contribution in [0, 0.1) is 0 Å². The minimum atomic E-state index is -1.40. The van der Waals surface area contributed by atoms with Crippen molar-refractivity contribution in [1.29, 1.82) is 0 Å². The zero-order valence-electron chi connectivity index (χ0n) is 10.2. The summed E-state index contributed by atoms with van der Waals surface area (Å²) in [5, 5.41) is 20.6. The number of amides is 1. The lowest BCUT2D eigenvalue weighted by atomic mass is 9.74. The average molecular weight is 265 g/mol. The van der Waals surface area contributed by atoms with Crippen LogP contribution in [0.15, 0.2) is 30.3 Å². The fourth-order valence-corrected chi connectivity index (χ4v) is 2.03. The number of aliphatic hydroxyl groups is 1. The zero-order chi connectivity index (χ0) is 13.9. The lowest BCUT2D eigenvalue weighted by molar-refractivity contribution is -0.154. The Labute approximate surface area is 110 Å². The highest BCUT2D eigenvalue weighted by atomic mass is 16.5. The molecule has 2 rings (SSSR count). The molecule has 0 atom stereocenters. The van der Waals surface area contributed by atoms with Gasteiger partial charge in [-0.25, -0.2) is 9.59 Å². The first-order chi connectivity index (χ1) is 9.02. The second-order valence-electron chi connectivity index (χ2n) is 4.64. The molecule has 1 saturated carbocycles. The molecule has 0 saturated heterocycles. The van der Waals surface area contributed by atoms with E-state index in [0.717, 1.165) is 5.56 Å². The molecule has 0 heterocycles. The number of carboxylic acids is 1. The largest absolute Gasteiger partial charge is 0.479 e. The number of aliphatic carboxylic acids is 1. The molecule has 6 nitrogen and oxygen atoms in total. The standard InChI is InChI=1S/C13H15NO5/c15-10-6-13(7-10,11(16)17)14-12(18)19-8-9-4-2-1-3-5-9/h1-5,10,15H,6-8H2,(H,14,18)(H,16,17). The number of hydrogen-bond donors (Lipinski definition) is 3. The number of hydrogen-bond acceptors (Lipinski definition) is 4. The Hall–Kier alpha value is -2.08. The topological polar surface area (TPSA) is 95.9 Å². The third-order valence-corrected chi connectivity index (χ3v) is 3.13. The summed E-state index contributed by atoms with van der Waals surface area (Å²) in [7, 11) is 0. The lowest BCUT2D eigenvalue weighted by Gasteiger charge is -2.41. The molecule has 19 heavy (non-hydrogen) atoms. The molecule has 1 aliphatic carbocycles. The predicted octanol–water partition coefficient (Wildman–Crippen LogP) is 0.891. The molecule has 1 aliphatic rings. The van der Waals surface area contributed by atoms with Crippen LogP contribution in [0.2, 0.25) is 0 Å². The molecular formula is C13H15NO5. The highest BCUT2D eigenvalue weighted by Crippen LogP contribution is 2.32. The fraction of sp³-hybridized carbons (Fsp3) is 0.385.